The summed E-state index contributed by atoms with van der Waals surface area (Å²) >= 11 is 0. The highest BCUT2D eigenvalue weighted by molar-refractivity contribution is 5.98. The van der Waals surface area contributed by atoms with Crippen molar-refractivity contribution in [2.75, 3.05) is 11.9 Å². The Balaban J connectivity index is 1.29. The van der Waals surface area contributed by atoms with Crippen LogP contribution in [0, 0.1) is 5.82 Å². The first-order valence-corrected chi connectivity index (χ1v) is 13.6. The van der Waals surface area contributed by atoms with Gasteiger partial charge in [-0.1, -0.05) is 78.9 Å². The largest absolute Gasteiger partial charge is 0.456 e. The molecule has 2 amide bonds. The summed E-state index contributed by atoms with van der Waals surface area (Å²) in [5.41, 5.74) is 3.93. The molecule has 5 rings (SSSR count). The molecule has 214 valence electrons. The number of benzene rings is 4. The molecule has 0 fully saturated rings. The Morgan fingerprint density at radius 3 is 2.02 bits per heavy atom. The van der Waals surface area contributed by atoms with Gasteiger partial charge in [-0.25, -0.2) is 14.0 Å². The van der Waals surface area contributed by atoms with Gasteiger partial charge in [0.15, 0.2) is 0 Å². The van der Waals surface area contributed by atoms with Gasteiger partial charge in [0, 0.05) is 11.6 Å². The summed E-state index contributed by atoms with van der Waals surface area (Å²) in [7, 11) is 0. The zero-order valence-corrected chi connectivity index (χ0v) is 23.5. The van der Waals surface area contributed by atoms with Gasteiger partial charge in [-0.3, -0.25) is 4.79 Å². The lowest BCUT2D eigenvalue weighted by atomic mass is 9.98. The summed E-state index contributed by atoms with van der Waals surface area (Å²) in [6.07, 6.45) is -0.771. The van der Waals surface area contributed by atoms with Crippen LogP contribution in [-0.4, -0.2) is 30.2 Å². The number of halogens is 1. The van der Waals surface area contributed by atoms with E-state index >= 15 is 0 Å². The summed E-state index contributed by atoms with van der Waals surface area (Å²) in [6, 6.07) is 27.2. The summed E-state index contributed by atoms with van der Waals surface area (Å²) in [6.45, 7) is 5.14. The first-order valence-electron chi connectivity index (χ1n) is 13.6. The van der Waals surface area contributed by atoms with Gasteiger partial charge in [0.1, 0.15) is 24.1 Å². The van der Waals surface area contributed by atoms with Gasteiger partial charge in [-0.05, 0) is 66.8 Å². The second-order valence-electron chi connectivity index (χ2n) is 11.0. The quantitative estimate of drug-likeness (QED) is 0.235. The Kier molecular flexibility index (Phi) is 8.06. The third-order valence-corrected chi connectivity index (χ3v) is 6.86. The van der Waals surface area contributed by atoms with Crippen LogP contribution in [-0.2, 0) is 14.3 Å². The van der Waals surface area contributed by atoms with Crippen molar-refractivity contribution in [2.24, 2.45) is 0 Å². The Morgan fingerprint density at radius 2 is 1.43 bits per heavy atom. The lowest BCUT2D eigenvalue weighted by Crippen LogP contribution is -2.37. The summed E-state index contributed by atoms with van der Waals surface area (Å²) in [5, 5.41) is 5.28. The lowest BCUT2D eigenvalue weighted by molar-refractivity contribution is -0.118. The number of esters is 1. The van der Waals surface area contributed by atoms with Crippen molar-refractivity contribution >= 4 is 23.7 Å². The van der Waals surface area contributed by atoms with E-state index < -0.39 is 35.4 Å². The molecular formula is C34H31FN2O5. The number of alkyl carbamates (subject to hydrolysis) is 1. The van der Waals surface area contributed by atoms with Gasteiger partial charge in [0.25, 0.3) is 5.91 Å². The van der Waals surface area contributed by atoms with Crippen LogP contribution < -0.4 is 10.6 Å². The van der Waals surface area contributed by atoms with Crippen LogP contribution in [0.15, 0.2) is 97.1 Å². The molecule has 0 heterocycles. The topological polar surface area (TPSA) is 93.7 Å². The summed E-state index contributed by atoms with van der Waals surface area (Å²) in [5.74, 6) is -2.41. The molecular weight excluding hydrogens is 535 g/mol. The van der Waals surface area contributed by atoms with Crippen molar-refractivity contribution in [1.82, 2.24) is 5.32 Å². The molecule has 7 nitrogen and oxygen atoms in total. The van der Waals surface area contributed by atoms with Crippen LogP contribution in [0.1, 0.15) is 59.8 Å². The number of rotatable bonds is 7. The highest BCUT2D eigenvalue weighted by Gasteiger charge is 2.30. The molecule has 1 atom stereocenters. The van der Waals surface area contributed by atoms with Gasteiger partial charge in [0.2, 0.25) is 0 Å². The smallest absolute Gasteiger partial charge is 0.408 e. The number of carbonyl (C=O) groups is 3. The second-order valence-corrected chi connectivity index (χ2v) is 11.0. The lowest BCUT2D eigenvalue weighted by Gasteiger charge is -2.21. The predicted octanol–water partition coefficient (Wildman–Crippen LogP) is 7.00. The molecule has 2 N–H and O–H groups in total. The van der Waals surface area contributed by atoms with Crippen LogP contribution >= 0.6 is 0 Å². The maximum absolute atomic E-state index is 14.8. The second kappa shape index (κ2) is 11.9. The van der Waals surface area contributed by atoms with Gasteiger partial charge in [0.05, 0.1) is 5.56 Å². The Labute approximate surface area is 243 Å². The maximum atomic E-state index is 14.8. The number of fused-ring (bicyclic) bond motifs is 3. The van der Waals surface area contributed by atoms with E-state index in [1.165, 1.54) is 12.1 Å². The molecule has 0 saturated carbocycles. The summed E-state index contributed by atoms with van der Waals surface area (Å²) < 4.78 is 25.7. The number of amides is 2. The fourth-order valence-electron chi connectivity index (χ4n) is 5.01. The Morgan fingerprint density at radius 1 is 0.833 bits per heavy atom. The van der Waals surface area contributed by atoms with Crippen LogP contribution in [0.3, 0.4) is 0 Å². The van der Waals surface area contributed by atoms with E-state index in [0.29, 0.717) is 5.56 Å². The van der Waals surface area contributed by atoms with Crippen molar-refractivity contribution in [3.05, 3.63) is 125 Å². The van der Waals surface area contributed by atoms with Crippen molar-refractivity contribution in [3.8, 4) is 11.1 Å². The number of ether oxygens (including phenoxy) is 2. The van der Waals surface area contributed by atoms with Gasteiger partial charge < -0.3 is 20.1 Å². The SMILES string of the molecule is CC(C)(C)OC(=O)c1ccc(NC(=O)C(NC(=O)OCC2c3ccccc3-c3ccccc32)c2ccccc2)cc1F. The normalized spacial score (nSPS) is 13.0. The van der Waals surface area contributed by atoms with Crippen molar-refractivity contribution in [3.63, 3.8) is 0 Å². The zero-order valence-electron chi connectivity index (χ0n) is 23.5. The number of hydrogen-bond donors (Lipinski definition) is 2. The minimum absolute atomic E-state index is 0.0837. The van der Waals surface area contributed by atoms with Crippen molar-refractivity contribution in [2.45, 2.75) is 38.3 Å². The molecule has 4 aromatic carbocycles. The minimum atomic E-state index is -1.13. The number of anilines is 1. The van der Waals surface area contributed by atoms with Crippen LogP contribution in [0.5, 0.6) is 0 Å². The molecule has 4 aromatic rings. The molecule has 8 heteroatoms. The average Bonchev–Trinajstić information content (AvgIpc) is 3.28. The molecule has 0 saturated heterocycles. The fourth-order valence-corrected chi connectivity index (χ4v) is 5.01. The molecule has 1 aliphatic carbocycles. The van der Waals surface area contributed by atoms with Crippen molar-refractivity contribution < 1.29 is 28.2 Å². The van der Waals surface area contributed by atoms with Crippen LogP contribution in [0.25, 0.3) is 11.1 Å². The molecule has 0 bridgehead atoms. The Bertz CT molecular complexity index is 1590. The van der Waals surface area contributed by atoms with Gasteiger partial charge in [-0.15, -0.1) is 0 Å². The number of hydrogen-bond acceptors (Lipinski definition) is 5. The highest BCUT2D eigenvalue weighted by Crippen LogP contribution is 2.44. The zero-order chi connectivity index (χ0) is 29.9. The maximum Gasteiger partial charge on any atom is 0.408 e. The van der Waals surface area contributed by atoms with Gasteiger partial charge in [-0.2, -0.15) is 0 Å². The standard InChI is InChI=1S/C34H31FN2O5/c1-34(2,3)42-32(39)27-18-17-22(19-29(27)35)36-31(38)30(21-11-5-4-6-12-21)37-33(40)41-20-28-25-15-9-7-13-23(25)24-14-8-10-16-26(24)28/h4-19,28,30H,20H2,1-3H3,(H,36,38)(H,37,40). The van der Waals surface area contributed by atoms with Gasteiger partial charge >= 0.3 is 12.1 Å². The molecule has 42 heavy (non-hydrogen) atoms. The van der Waals surface area contributed by atoms with E-state index in [2.05, 4.69) is 10.6 Å². The van der Waals surface area contributed by atoms with Crippen molar-refractivity contribution in [1.29, 1.82) is 0 Å². The van der Waals surface area contributed by atoms with E-state index in [4.69, 9.17) is 9.47 Å². The highest BCUT2D eigenvalue weighted by atomic mass is 19.1. The molecule has 1 aliphatic rings. The molecule has 1 unspecified atom stereocenters. The molecule has 0 radical (unpaired) electrons. The molecule has 0 aliphatic heterocycles. The van der Waals surface area contributed by atoms with Crippen LogP contribution in [0.4, 0.5) is 14.9 Å². The third kappa shape index (κ3) is 6.33. The Hall–Kier alpha value is -4.98. The van der Waals surface area contributed by atoms with E-state index in [1.54, 1.807) is 51.1 Å². The first-order chi connectivity index (χ1) is 20.1. The molecule has 0 spiro atoms. The monoisotopic (exact) mass is 566 g/mol. The first kappa shape index (κ1) is 28.5. The summed E-state index contributed by atoms with van der Waals surface area (Å²) in [4.78, 5) is 38.7. The number of nitrogens with one attached hydrogen (secondary N) is 2. The third-order valence-electron chi connectivity index (χ3n) is 6.86. The van der Waals surface area contributed by atoms with E-state index in [0.717, 1.165) is 28.3 Å². The average molecular weight is 567 g/mol. The minimum Gasteiger partial charge on any atom is -0.456 e. The van der Waals surface area contributed by atoms with Crippen LogP contribution in [0.2, 0.25) is 0 Å². The van der Waals surface area contributed by atoms with E-state index in [1.807, 2.05) is 48.5 Å². The molecule has 0 aromatic heterocycles. The predicted molar refractivity (Wildman–Crippen MR) is 158 cm³/mol. The van der Waals surface area contributed by atoms with E-state index in [9.17, 15) is 18.8 Å². The fraction of sp³-hybridized carbons (Fsp3) is 0.206. The van der Waals surface area contributed by atoms with E-state index in [-0.39, 0.29) is 23.8 Å². The number of carbonyl (C=O) groups excluding carboxylic acids is 3.